The Labute approximate surface area is 107 Å². The summed E-state index contributed by atoms with van der Waals surface area (Å²) < 4.78 is 1.58. The number of hydrogen-bond acceptors (Lipinski definition) is 5. The summed E-state index contributed by atoms with van der Waals surface area (Å²) in [6.07, 6.45) is 0. The van der Waals surface area contributed by atoms with Gasteiger partial charge in [-0.2, -0.15) is 9.50 Å². The van der Waals surface area contributed by atoms with Crippen molar-refractivity contribution in [2.75, 3.05) is 5.32 Å². The Morgan fingerprint density at radius 2 is 2.11 bits per heavy atom. The van der Waals surface area contributed by atoms with Gasteiger partial charge in [-0.05, 0) is 19.1 Å². The normalized spacial score (nSPS) is 10.8. The molecule has 2 heterocycles. The number of anilines is 1. The van der Waals surface area contributed by atoms with Crippen LogP contribution in [0.5, 0.6) is 0 Å². The fraction of sp³-hybridized carbons (Fsp3) is 0.0909. The molecule has 0 aliphatic carbocycles. The number of urea groups is 1. The van der Waals surface area contributed by atoms with Gasteiger partial charge in [0.15, 0.2) is 5.65 Å². The first-order chi connectivity index (χ1) is 9.19. The number of aryl methyl sites for hydroxylation is 1. The second-order valence-corrected chi connectivity index (χ2v) is 3.95. The lowest BCUT2D eigenvalue weighted by Crippen LogP contribution is -2.34. The second-order valence-electron chi connectivity index (χ2n) is 3.95. The van der Waals surface area contributed by atoms with Crippen LogP contribution in [0.2, 0.25) is 0 Å². The van der Waals surface area contributed by atoms with Gasteiger partial charge in [-0.25, -0.2) is 15.6 Å². The van der Waals surface area contributed by atoms with Crippen molar-refractivity contribution in [2.45, 2.75) is 6.92 Å². The smallest absolute Gasteiger partial charge is 0.276 e. The molecule has 1 aromatic carbocycles. The summed E-state index contributed by atoms with van der Waals surface area (Å²) in [5.41, 5.74) is 3.42. The second kappa shape index (κ2) is 4.18. The molecule has 0 fully saturated rings. The molecular formula is C11H11N7O. The average molecular weight is 257 g/mol. The molecule has 3 rings (SSSR count). The molecule has 19 heavy (non-hydrogen) atoms. The van der Waals surface area contributed by atoms with Gasteiger partial charge in [0.25, 0.3) is 5.95 Å². The standard InChI is InChI=1S/C11H11N7O/c1-6-13-8-5-3-2-4-7(8)9-14-10(17-18(6)9)15-11(19)16-12/h2-5H,12H2,1H3,(H2,15,16,17,19). The number of hydrogen-bond donors (Lipinski definition) is 3. The van der Waals surface area contributed by atoms with Gasteiger partial charge < -0.3 is 0 Å². The molecule has 2 amide bonds. The largest absolute Gasteiger partial charge is 0.335 e. The third-order valence-corrected chi connectivity index (χ3v) is 2.70. The lowest BCUT2D eigenvalue weighted by atomic mass is 10.2. The van der Waals surface area contributed by atoms with Crippen LogP contribution in [-0.4, -0.2) is 25.6 Å². The maximum atomic E-state index is 11.2. The predicted octanol–water partition coefficient (Wildman–Crippen LogP) is 0.581. The number of nitrogens with zero attached hydrogens (tertiary/aromatic N) is 4. The van der Waals surface area contributed by atoms with Crippen LogP contribution in [0.3, 0.4) is 0 Å². The Morgan fingerprint density at radius 3 is 2.89 bits per heavy atom. The zero-order valence-electron chi connectivity index (χ0n) is 10.1. The molecule has 0 unspecified atom stereocenters. The number of carbonyl (C=O) groups excluding carboxylic acids is 1. The van der Waals surface area contributed by atoms with Crippen LogP contribution in [0.1, 0.15) is 5.82 Å². The van der Waals surface area contributed by atoms with Crippen LogP contribution in [0, 0.1) is 6.92 Å². The summed E-state index contributed by atoms with van der Waals surface area (Å²) in [6.45, 7) is 1.82. The predicted molar refractivity (Wildman–Crippen MR) is 69.4 cm³/mol. The van der Waals surface area contributed by atoms with Gasteiger partial charge in [0.1, 0.15) is 5.82 Å². The highest BCUT2D eigenvalue weighted by molar-refractivity contribution is 5.92. The van der Waals surface area contributed by atoms with E-state index in [2.05, 4.69) is 20.4 Å². The minimum Gasteiger partial charge on any atom is -0.276 e. The number of carbonyl (C=O) groups is 1. The van der Waals surface area contributed by atoms with E-state index in [0.29, 0.717) is 11.5 Å². The van der Waals surface area contributed by atoms with E-state index >= 15 is 0 Å². The topological polar surface area (TPSA) is 110 Å². The zero-order chi connectivity index (χ0) is 13.4. The van der Waals surface area contributed by atoms with Gasteiger partial charge >= 0.3 is 6.03 Å². The summed E-state index contributed by atoms with van der Waals surface area (Å²) in [5.74, 6) is 5.85. The van der Waals surface area contributed by atoms with Gasteiger partial charge in [0.05, 0.1) is 5.52 Å². The molecule has 0 atom stereocenters. The Bertz CT molecular complexity index is 779. The maximum Gasteiger partial charge on any atom is 0.335 e. The first-order valence-corrected chi connectivity index (χ1v) is 5.59. The quantitative estimate of drug-likeness (QED) is 0.335. The molecule has 96 valence electrons. The fourth-order valence-corrected chi connectivity index (χ4v) is 1.88. The summed E-state index contributed by atoms with van der Waals surface area (Å²) >= 11 is 0. The van der Waals surface area contributed by atoms with E-state index < -0.39 is 6.03 Å². The molecule has 0 saturated heterocycles. The number of fused-ring (bicyclic) bond motifs is 3. The molecule has 8 heteroatoms. The Hall–Kier alpha value is -2.74. The minimum absolute atomic E-state index is 0.171. The van der Waals surface area contributed by atoms with E-state index in [1.165, 1.54) is 0 Å². The fourth-order valence-electron chi connectivity index (χ4n) is 1.88. The van der Waals surface area contributed by atoms with Gasteiger partial charge in [0.2, 0.25) is 0 Å². The van der Waals surface area contributed by atoms with Gasteiger partial charge in [0, 0.05) is 5.39 Å². The molecule has 0 aliphatic rings. The minimum atomic E-state index is -0.578. The molecule has 0 bridgehead atoms. The number of aromatic nitrogens is 4. The van der Waals surface area contributed by atoms with Crippen LogP contribution >= 0.6 is 0 Å². The lowest BCUT2D eigenvalue weighted by molar-refractivity contribution is 0.252. The SMILES string of the molecule is Cc1nc2ccccc2c2nc(NC(=O)NN)nn12. The third kappa shape index (κ3) is 1.83. The van der Waals surface area contributed by atoms with E-state index in [1.807, 2.05) is 36.6 Å². The van der Waals surface area contributed by atoms with Crippen LogP contribution in [0.15, 0.2) is 24.3 Å². The van der Waals surface area contributed by atoms with Crippen molar-refractivity contribution in [3.63, 3.8) is 0 Å². The highest BCUT2D eigenvalue weighted by atomic mass is 16.2. The summed E-state index contributed by atoms with van der Waals surface area (Å²) in [6, 6.07) is 7.02. The van der Waals surface area contributed by atoms with Crippen LogP contribution in [0.4, 0.5) is 10.7 Å². The first-order valence-electron chi connectivity index (χ1n) is 5.59. The van der Waals surface area contributed by atoms with Crippen LogP contribution < -0.4 is 16.6 Å². The number of nitrogens with two attached hydrogens (primary N) is 1. The molecule has 4 N–H and O–H groups in total. The molecule has 0 spiro atoms. The van der Waals surface area contributed by atoms with Crippen LogP contribution in [0.25, 0.3) is 16.6 Å². The third-order valence-electron chi connectivity index (χ3n) is 2.70. The molecular weight excluding hydrogens is 246 g/mol. The monoisotopic (exact) mass is 257 g/mol. The number of hydrazine groups is 1. The van der Waals surface area contributed by atoms with Crippen molar-refractivity contribution >= 4 is 28.5 Å². The van der Waals surface area contributed by atoms with E-state index in [-0.39, 0.29) is 5.95 Å². The highest BCUT2D eigenvalue weighted by Gasteiger charge is 2.12. The summed E-state index contributed by atoms with van der Waals surface area (Å²) in [4.78, 5) is 19.9. The molecule has 0 radical (unpaired) electrons. The summed E-state index contributed by atoms with van der Waals surface area (Å²) in [7, 11) is 0. The first kappa shape index (κ1) is 11.4. The van der Waals surface area contributed by atoms with E-state index in [9.17, 15) is 4.79 Å². The number of benzene rings is 1. The van der Waals surface area contributed by atoms with Crippen molar-refractivity contribution in [1.82, 2.24) is 25.0 Å². The number of amides is 2. The van der Waals surface area contributed by atoms with Crippen molar-refractivity contribution < 1.29 is 4.79 Å². The number of para-hydroxylation sites is 1. The lowest BCUT2D eigenvalue weighted by Gasteiger charge is -2.01. The van der Waals surface area contributed by atoms with Crippen molar-refractivity contribution in [3.05, 3.63) is 30.1 Å². The van der Waals surface area contributed by atoms with Crippen molar-refractivity contribution in [3.8, 4) is 0 Å². The molecule has 0 aliphatic heterocycles. The van der Waals surface area contributed by atoms with E-state index in [1.54, 1.807) is 4.52 Å². The van der Waals surface area contributed by atoms with Crippen LogP contribution in [-0.2, 0) is 0 Å². The Morgan fingerprint density at radius 1 is 1.32 bits per heavy atom. The van der Waals surface area contributed by atoms with Gasteiger partial charge in [-0.1, -0.05) is 12.1 Å². The number of rotatable bonds is 1. The summed E-state index contributed by atoms with van der Waals surface area (Å²) in [5, 5.41) is 7.46. The van der Waals surface area contributed by atoms with E-state index in [4.69, 9.17) is 5.84 Å². The molecule has 0 saturated carbocycles. The molecule has 2 aromatic heterocycles. The van der Waals surface area contributed by atoms with E-state index in [0.717, 1.165) is 10.9 Å². The van der Waals surface area contributed by atoms with Gasteiger partial charge in [-0.15, -0.1) is 5.10 Å². The maximum absolute atomic E-state index is 11.2. The average Bonchev–Trinajstić information content (AvgIpc) is 2.83. The number of nitrogens with one attached hydrogen (secondary N) is 2. The molecule has 8 nitrogen and oxygen atoms in total. The zero-order valence-corrected chi connectivity index (χ0v) is 10.1. The van der Waals surface area contributed by atoms with Gasteiger partial charge in [-0.3, -0.25) is 10.7 Å². The molecule has 3 aromatic rings. The van der Waals surface area contributed by atoms with Crippen molar-refractivity contribution in [1.29, 1.82) is 0 Å². The Balaban J connectivity index is 2.23. The highest BCUT2D eigenvalue weighted by Crippen LogP contribution is 2.18. The van der Waals surface area contributed by atoms with Crippen molar-refractivity contribution in [2.24, 2.45) is 5.84 Å². The Kier molecular flexibility index (Phi) is 2.50.